The SMILES string of the molecule is C1CCOCC1.Cc1ccc(Br)cc1C#N.N#Cc1cc(Br)ccc1CBr.N#Cc1cc(Br)ccc1CN1CCOCC1.[B]=NS. The van der Waals surface area contributed by atoms with Crippen molar-refractivity contribution < 1.29 is 9.47 Å². The third kappa shape index (κ3) is 17.9. The Hall–Kier alpha value is -1.86. The van der Waals surface area contributed by atoms with Crippen molar-refractivity contribution in [3.8, 4) is 18.2 Å². The van der Waals surface area contributed by atoms with Gasteiger partial charge in [-0.25, -0.2) is 0 Å². The molecule has 241 valence electrons. The fourth-order valence-corrected chi connectivity index (χ4v) is 5.53. The first-order valence-electron chi connectivity index (χ1n) is 14.2. The molecule has 0 saturated carbocycles. The van der Waals surface area contributed by atoms with Gasteiger partial charge in [0.25, 0.3) is 0 Å². The molecule has 3 aromatic carbocycles. The Bertz CT molecular complexity index is 1470. The average Bonchev–Trinajstić information content (AvgIpc) is 3.09. The van der Waals surface area contributed by atoms with Gasteiger partial charge in [0, 0.05) is 51.6 Å². The van der Waals surface area contributed by atoms with Crippen LogP contribution in [-0.2, 0) is 21.3 Å². The Labute approximate surface area is 313 Å². The van der Waals surface area contributed by atoms with Crippen LogP contribution in [0.4, 0.5) is 0 Å². The predicted octanol–water partition coefficient (Wildman–Crippen LogP) is 9.37. The van der Waals surface area contributed by atoms with Crippen molar-refractivity contribution in [1.29, 1.82) is 15.8 Å². The molecule has 1 radical (unpaired) electrons. The summed E-state index contributed by atoms with van der Waals surface area (Å²) in [5.74, 6) is 0. The van der Waals surface area contributed by atoms with Gasteiger partial charge in [0.2, 0.25) is 0 Å². The Balaban J connectivity index is 0.000000312. The van der Waals surface area contributed by atoms with E-state index in [2.05, 4.69) is 112 Å². The Morgan fingerprint density at radius 3 is 1.59 bits per heavy atom. The summed E-state index contributed by atoms with van der Waals surface area (Å²) < 4.78 is 15.9. The van der Waals surface area contributed by atoms with E-state index < -0.39 is 0 Å². The van der Waals surface area contributed by atoms with Crippen molar-refractivity contribution >= 4 is 84.2 Å². The average molecular weight is 896 g/mol. The van der Waals surface area contributed by atoms with Crippen molar-refractivity contribution in [2.75, 3.05) is 39.5 Å². The van der Waals surface area contributed by atoms with Gasteiger partial charge in [-0.3, -0.25) is 4.90 Å². The number of ether oxygens (including phenoxy) is 2. The van der Waals surface area contributed by atoms with Gasteiger partial charge >= 0.3 is 24.8 Å². The standard InChI is InChI=1S/C12H13BrN2O.C8H5Br2N.C8H6BrN.C5H10O.BHNS/c13-12-2-1-10(11(7-12)8-14)9-15-3-5-16-6-4-15;9-4-6-1-2-8(10)3-7(6)5-11;1-6-2-3-8(9)4-7(6)5-10;1-2-4-6-5-3-1;1-2-3/h1-2,7H,3-6,9H2;1-3H,4H2;2-4H,1H3;1-5H2;3H. The molecular formula is C33H35BBr4N5O2S. The molecule has 2 heterocycles. The molecule has 3 aromatic rings. The van der Waals surface area contributed by atoms with Crippen LogP contribution in [0.3, 0.4) is 0 Å². The summed E-state index contributed by atoms with van der Waals surface area (Å²) in [5, 5.41) is 27.0. The zero-order chi connectivity index (χ0) is 34.2. The summed E-state index contributed by atoms with van der Waals surface area (Å²) in [4.78, 5) is 2.31. The molecule has 0 amide bonds. The maximum absolute atomic E-state index is 9.06. The van der Waals surface area contributed by atoms with Gasteiger partial charge in [-0.15, -0.1) is 0 Å². The van der Waals surface area contributed by atoms with Crippen LogP contribution in [0.25, 0.3) is 0 Å². The summed E-state index contributed by atoms with van der Waals surface area (Å²) in [6, 6.07) is 23.7. The molecule has 0 unspecified atom stereocenters. The molecule has 5 rings (SSSR count). The molecule has 0 aliphatic carbocycles. The third-order valence-corrected chi connectivity index (χ3v) is 8.51. The van der Waals surface area contributed by atoms with E-state index >= 15 is 0 Å². The molecule has 7 nitrogen and oxygen atoms in total. The summed E-state index contributed by atoms with van der Waals surface area (Å²) in [5.41, 5.74) is 5.33. The maximum atomic E-state index is 9.06. The molecule has 2 saturated heterocycles. The Morgan fingerprint density at radius 2 is 1.17 bits per heavy atom. The van der Waals surface area contributed by atoms with E-state index in [1.807, 2.05) is 61.5 Å². The van der Waals surface area contributed by atoms with E-state index in [-0.39, 0.29) is 0 Å². The predicted molar refractivity (Wildman–Crippen MR) is 202 cm³/mol. The monoisotopic (exact) mass is 892 g/mol. The molecule has 13 heteroatoms. The fourth-order valence-electron chi connectivity index (χ4n) is 3.96. The topological polar surface area (TPSA) is 105 Å². The molecule has 0 aromatic heterocycles. The van der Waals surface area contributed by atoms with Crippen LogP contribution < -0.4 is 0 Å². The number of halogens is 4. The third-order valence-electron chi connectivity index (χ3n) is 6.42. The van der Waals surface area contributed by atoms with E-state index in [9.17, 15) is 0 Å². The molecule has 2 aliphatic heterocycles. The van der Waals surface area contributed by atoms with Crippen LogP contribution in [0.1, 0.15) is 52.6 Å². The van der Waals surface area contributed by atoms with Gasteiger partial charge in [-0.05, 0) is 79.3 Å². The number of benzene rings is 3. The number of aryl methyl sites for hydroxylation is 1. The Kier molecular flexibility index (Phi) is 24.0. The first-order valence-corrected chi connectivity index (χ1v) is 18.1. The van der Waals surface area contributed by atoms with Gasteiger partial charge in [-0.2, -0.15) is 15.8 Å². The van der Waals surface area contributed by atoms with E-state index in [1.54, 1.807) is 0 Å². The van der Waals surface area contributed by atoms with Crippen molar-refractivity contribution in [2.45, 2.75) is 38.1 Å². The van der Waals surface area contributed by atoms with Crippen LogP contribution in [0.5, 0.6) is 0 Å². The zero-order valence-corrected chi connectivity index (χ0v) is 32.8. The molecule has 46 heavy (non-hydrogen) atoms. The number of nitrogens with zero attached hydrogens (tertiary/aromatic N) is 5. The number of alkyl halides is 1. The Morgan fingerprint density at radius 1 is 0.739 bits per heavy atom. The van der Waals surface area contributed by atoms with Gasteiger partial charge < -0.3 is 9.47 Å². The van der Waals surface area contributed by atoms with E-state index in [1.165, 1.54) is 19.3 Å². The number of rotatable bonds is 3. The number of morpholine rings is 1. The molecule has 2 fully saturated rings. The number of hydrogen-bond donors (Lipinski definition) is 1. The van der Waals surface area contributed by atoms with Crippen molar-refractivity contribution in [3.63, 3.8) is 0 Å². The van der Waals surface area contributed by atoms with Gasteiger partial charge in [-0.1, -0.05) is 81.9 Å². The van der Waals surface area contributed by atoms with Gasteiger partial charge in [0.1, 0.15) is 0 Å². The van der Waals surface area contributed by atoms with E-state index in [4.69, 9.17) is 25.3 Å². The minimum atomic E-state index is 0.719. The van der Waals surface area contributed by atoms with Crippen LogP contribution in [0, 0.1) is 40.9 Å². The van der Waals surface area contributed by atoms with Gasteiger partial charge in [0.05, 0.1) is 48.1 Å². The van der Waals surface area contributed by atoms with Gasteiger partial charge in [0.15, 0.2) is 0 Å². The van der Waals surface area contributed by atoms with Crippen LogP contribution in [0.15, 0.2) is 72.3 Å². The van der Waals surface area contributed by atoms with Crippen molar-refractivity contribution in [1.82, 2.24) is 4.90 Å². The van der Waals surface area contributed by atoms with Crippen molar-refractivity contribution in [2.24, 2.45) is 4.30 Å². The number of nitriles is 3. The number of thiol groups is 1. The van der Waals surface area contributed by atoms with Crippen LogP contribution in [0.2, 0.25) is 0 Å². The second-order valence-electron chi connectivity index (χ2n) is 9.71. The fraction of sp³-hybridized carbons (Fsp3) is 0.364. The zero-order valence-electron chi connectivity index (χ0n) is 25.6. The second-order valence-corrected chi connectivity index (χ2v) is 13.2. The molecular weight excluding hydrogens is 861 g/mol. The molecule has 2 aliphatic rings. The summed E-state index contributed by atoms with van der Waals surface area (Å²) in [6.07, 6.45) is 3.93. The van der Waals surface area contributed by atoms with Crippen molar-refractivity contribution in [3.05, 3.63) is 101 Å². The minimum absolute atomic E-state index is 0.719. The second kappa shape index (κ2) is 26.1. The molecule has 0 N–H and O–H groups in total. The molecule has 0 atom stereocenters. The molecule has 0 bridgehead atoms. The summed E-state index contributed by atoms with van der Waals surface area (Å²) >= 11 is 16.5. The number of hydrogen-bond acceptors (Lipinski definition) is 8. The quantitative estimate of drug-likeness (QED) is 0.160. The van der Waals surface area contributed by atoms with Crippen LogP contribution in [-0.4, -0.2) is 52.1 Å². The first kappa shape index (κ1) is 42.2. The first-order chi connectivity index (χ1) is 22.2. The summed E-state index contributed by atoms with van der Waals surface area (Å²) in [7, 11) is 4.34. The summed E-state index contributed by atoms with van der Waals surface area (Å²) in [6.45, 7) is 8.23. The van der Waals surface area contributed by atoms with E-state index in [0.29, 0.717) is 0 Å². The normalized spacial score (nSPS) is 13.4. The van der Waals surface area contributed by atoms with E-state index in [0.717, 1.165) is 98.2 Å². The van der Waals surface area contributed by atoms with Crippen LogP contribution >= 0.6 is 76.5 Å². The molecule has 0 spiro atoms.